The second-order valence-corrected chi connectivity index (χ2v) is 5.12. The van der Waals surface area contributed by atoms with Gasteiger partial charge in [-0.25, -0.2) is 4.79 Å². The van der Waals surface area contributed by atoms with Gasteiger partial charge in [0.2, 0.25) is 0 Å². The average Bonchev–Trinajstić information content (AvgIpc) is 2.71. The van der Waals surface area contributed by atoms with Gasteiger partial charge in [-0.05, 0) is 25.0 Å². The van der Waals surface area contributed by atoms with Crippen molar-refractivity contribution in [2.75, 3.05) is 7.11 Å². The summed E-state index contributed by atoms with van der Waals surface area (Å²) in [5.74, 6) is -1.22. The lowest BCUT2D eigenvalue weighted by Crippen LogP contribution is -2.36. The van der Waals surface area contributed by atoms with Crippen molar-refractivity contribution in [2.24, 2.45) is 0 Å². The van der Waals surface area contributed by atoms with Crippen molar-refractivity contribution in [3.05, 3.63) is 21.4 Å². The number of carboxylic acids is 1. The van der Waals surface area contributed by atoms with E-state index in [2.05, 4.69) is 10.1 Å². The average molecular weight is 271 g/mol. The Bertz CT molecular complexity index is 441. The monoisotopic (exact) mass is 271 g/mol. The third-order valence-corrected chi connectivity index (χ3v) is 3.74. The Balaban J connectivity index is 2.67. The van der Waals surface area contributed by atoms with E-state index in [4.69, 9.17) is 5.11 Å². The summed E-state index contributed by atoms with van der Waals surface area (Å²) in [6.07, 6.45) is 0.627. The Morgan fingerprint density at radius 1 is 1.56 bits per heavy atom. The van der Waals surface area contributed by atoms with Gasteiger partial charge in [-0.3, -0.25) is 4.79 Å². The number of carbonyl (C=O) groups is 2. The number of carbonyl (C=O) groups excluding carboxylic acids is 1. The first kappa shape index (κ1) is 14.7. The van der Waals surface area contributed by atoms with Crippen molar-refractivity contribution in [3.63, 3.8) is 0 Å². The molecule has 2 N–H and O–H groups in total. The van der Waals surface area contributed by atoms with Crippen LogP contribution in [0.5, 0.6) is 0 Å². The van der Waals surface area contributed by atoms with Crippen molar-refractivity contribution in [1.82, 2.24) is 5.32 Å². The number of rotatable bonds is 6. The smallest absolute Gasteiger partial charge is 0.345 e. The molecule has 0 saturated heterocycles. The number of hydrogen-bond acceptors (Lipinski definition) is 5. The Hall–Kier alpha value is -1.40. The maximum atomic E-state index is 11.4. The lowest BCUT2D eigenvalue weighted by Gasteiger charge is -2.14. The molecular formula is C12H17NO4S. The molecule has 0 saturated carbocycles. The van der Waals surface area contributed by atoms with E-state index in [9.17, 15) is 9.59 Å². The van der Waals surface area contributed by atoms with Gasteiger partial charge in [-0.2, -0.15) is 0 Å². The molecule has 0 spiro atoms. The van der Waals surface area contributed by atoms with Crippen molar-refractivity contribution < 1.29 is 19.4 Å². The zero-order chi connectivity index (χ0) is 13.7. The van der Waals surface area contributed by atoms with Crippen LogP contribution in [0.15, 0.2) is 6.07 Å². The molecule has 1 rings (SSSR count). The van der Waals surface area contributed by atoms with E-state index in [1.165, 1.54) is 18.4 Å². The van der Waals surface area contributed by atoms with Gasteiger partial charge >= 0.3 is 11.9 Å². The second-order valence-electron chi connectivity index (χ2n) is 3.86. The van der Waals surface area contributed by atoms with Crippen LogP contribution >= 0.6 is 11.3 Å². The second kappa shape index (κ2) is 6.51. The summed E-state index contributed by atoms with van der Waals surface area (Å²) < 4.78 is 4.67. The molecule has 0 bridgehead atoms. The highest BCUT2D eigenvalue weighted by Gasteiger charge is 2.17. The third-order valence-electron chi connectivity index (χ3n) is 2.66. The van der Waals surface area contributed by atoms with Crippen molar-refractivity contribution in [1.29, 1.82) is 0 Å². The zero-order valence-electron chi connectivity index (χ0n) is 10.6. The molecule has 0 aliphatic rings. The predicted octanol–water partition coefficient (Wildman–Crippen LogP) is 1.80. The fourth-order valence-electron chi connectivity index (χ4n) is 1.57. The summed E-state index contributed by atoms with van der Waals surface area (Å²) in [5, 5.41) is 12.0. The van der Waals surface area contributed by atoms with Gasteiger partial charge in [0.25, 0.3) is 0 Å². The summed E-state index contributed by atoms with van der Waals surface area (Å²) in [6, 6.07) is 1.28. The Kier molecular flexibility index (Phi) is 5.30. The van der Waals surface area contributed by atoms with Crippen LogP contribution < -0.4 is 5.32 Å². The number of nitrogens with one attached hydrogen (secondary N) is 1. The minimum Gasteiger partial charge on any atom is -0.477 e. The normalized spacial score (nSPS) is 12.2. The van der Waals surface area contributed by atoms with Gasteiger partial charge in [-0.15, -0.1) is 11.3 Å². The number of esters is 1. The molecule has 6 heteroatoms. The topological polar surface area (TPSA) is 75.6 Å². The molecule has 0 aliphatic heterocycles. The highest BCUT2D eigenvalue weighted by Crippen LogP contribution is 2.21. The Morgan fingerprint density at radius 2 is 2.22 bits per heavy atom. The molecule has 1 heterocycles. The van der Waals surface area contributed by atoms with Crippen LogP contribution in [-0.4, -0.2) is 30.2 Å². The fraction of sp³-hybridized carbons (Fsp3) is 0.500. The van der Waals surface area contributed by atoms with Crippen LogP contribution in [-0.2, 0) is 16.1 Å². The third kappa shape index (κ3) is 3.54. The standard InChI is InChI=1S/C12H17NO4S/c1-4-9(12(16)17-3)13-6-8-5-10(11(14)15)18-7(8)2/h5,9,13H,4,6H2,1-3H3,(H,14,15). The molecule has 1 aromatic rings. The molecule has 5 nitrogen and oxygen atoms in total. The Labute approximate surface area is 110 Å². The Morgan fingerprint density at radius 3 is 2.67 bits per heavy atom. The molecule has 0 aromatic carbocycles. The number of hydrogen-bond donors (Lipinski definition) is 2. The van der Waals surface area contributed by atoms with E-state index >= 15 is 0 Å². The summed E-state index contributed by atoms with van der Waals surface area (Å²) in [6.45, 7) is 4.22. The van der Waals surface area contributed by atoms with E-state index in [0.717, 1.165) is 10.4 Å². The molecule has 0 aliphatic carbocycles. The minimum absolute atomic E-state index is 0.302. The van der Waals surface area contributed by atoms with Crippen molar-refractivity contribution in [3.8, 4) is 0 Å². The van der Waals surface area contributed by atoms with E-state index in [1.54, 1.807) is 6.07 Å². The van der Waals surface area contributed by atoms with Gasteiger partial charge in [0, 0.05) is 11.4 Å². The number of thiophene rings is 1. The largest absolute Gasteiger partial charge is 0.477 e. The van der Waals surface area contributed by atoms with Crippen LogP contribution in [0.2, 0.25) is 0 Å². The molecule has 100 valence electrons. The first-order valence-electron chi connectivity index (χ1n) is 5.63. The number of methoxy groups -OCH3 is 1. The lowest BCUT2D eigenvalue weighted by atomic mass is 10.2. The van der Waals surface area contributed by atoms with Crippen LogP contribution in [0.4, 0.5) is 0 Å². The molecule has 0 amide bonds. The number of aryl methyl sites for hydroxylation is 1. The molecular weight excluding hydrogens is 254 g/mol. The van der Waals surface area contributed by atoms with E-state index in [-0.39, 0.29) is 12.0 Å². The zero-order valence-corrected chi connectivity index (χ0v) is 11.5. The summed E-state index contributed by atoms with van der Waals surface area (Å²) >= 11 is 1.24. The van der Waals surface area contributed by atoms with Gasteiger partial charge in [-0.1, -0.05) is 6.92 Å². The highest BCUT2D eigenvalue weighted by atomic mass is 32.1. The molecule has 0 fully saturated rings. The maximum Gasteiger partial charge on any atom is 0.345 e. The summed E-state index contributed by atoms with van der Waals surface area (Å²) in [5.41, 5.74) is 0.903. The predicted molar refractivity (Wildman–Crippen MR) is 69.0 cm³/mol. The molecule has 1 aromatic heterocycles. The van der Waals surface area contributed by atoms with Crippen LogP contribution in [0.25, 0.3) is 0 Å². The molecule has 1 atom stereocenters. The molecule has 1 unspecified atom stereocenters. The fourth-order valence-corrected chi connectivity index (χ4v) is 2.45. The first-order chi connectivity index (χ1) is 8.49. The van der Waals surface area contributed by atoms with Crippen LogP contribution in [0.1, 0.15) is 33.5 Å². The first-order valence-corrected chi connectivity index (χ1v) is 6.45. The van der Waals surface area contributed by atoms with Crippen LogP contribution in [0, 0.1) is 6.92 Å². The lowest BCUT2D eigenvalue weighted by molar-refractivity contribution is -0.143. The van der Waals surface area contributed by atoms with E-state index in [1.807, 2.05) is 13.8 Å². The number of ether oxygens (including phenoxy) is 1. The van der Waals surface area contributed by atoms with Crippen molar-refractivity contribution >= 4 is 23.3 Å². The van der Waals surface area contributed by atoms with Crippen LogP contribution in [0.3, 0.4) is 0 Å². The molecule has 0 radical (unpaired) electrons. The van der Waals surface area contributed by atoms with E-state index in [0.29, 0.717) is 17.8 Å². The van der Waals surface area contributed by atoms with E-state index < -0.39 is 5.97 Å². The number of aromatic carboxylic acids is 1. The number of carboxylic acid groups (broad SMARTS) is 1. The quantitative estimate of drug-likeness (QED) is 0.772. The molecule has 18 heavy (non-hydrogen) atoms. The SMILES string of the molecule is CCC(NCc1cc(C(=O)O)sc1C)C(=O)OC. The highest BCUT2D eigenvalue weighted by molar-refractivity contribution is 7.14. The van der Waals surface area contributed by atoms with Crippen molar-refractivity contribution in [2.45, 2.75) is 32.9 Å². The van der Waals surface area contributed by atoms with Gasteiger partial charge < -0.3 is 15.2 Å². The summed E-state index contributed by atoms with van der Waals surface area (Å²) in [4.78, 5) is 23.5. The van der Waals surface area contributed by atoms with Gasteiger partial charge in [0.05, 0.1) is 7.11 Å². The minimum atomic E-state index is -0.922. The maximum absolute atomic E-state index is 11.4. The van der Waals surface area contributed by atoms with Gasteiger partial charge in [0.15, 0.2) is 0 Å². The van der Waals surface area contributed by atoms with Gasteiger partial charge in [0.1, 0.15) is 10.9 Å². The summed E-state index contributed by atoms with van der Waals surface area (Å²) in [7, 11) is 1.35.